The largest absolute Gasteiger partial charge is 0.468 e. The average molecular weight is 407 g/mol. The van der Waals surface area contributed by atoms with Gasteiger partial charge in [0.2, 0.25) is 0 Å². The summed E-state index contributed by atoms with van der Waals surface area (Å²) in [5.74, 6) is -0.491. The highest BCUT2D eigenvalue weighted by atomic mass is 19.4. The summed E-state index contributed by atoms with van der Waals surface area (Å²) in [4.78, 5) is 22.3. The van der Waals surface area contributed by atoms with Gasteiger partial charge < -0.3 is 4.74 Å². The Balaban J connectivity index is 2.24. The first-order chi connectivity index (χ1) is 13.5. The van der Waals surface area contributed by atoms with Crippen LogP contribution in [-0.4, -0.2) is 27.8 Å². The number of aromatic nitrogens is 2. The Morgan fingerprint density at radius 3 is 2.48 bits per heavy atom. The number of ether oxygens (including phenoxy) is 1. The van der Waals surface area contributed by atoms with Crippen LogP contribution in [0.25, 0.3) is 16.6 Å². The van der Waals surface area contributed by atoms with E-state index in [4.69, 9.17) is 4.74 Å². The lowest BCUT2D eigenvalue weighted by molar-refractivity contribution is -0.385. The number of carbonyl (C=O) groups excluding carboxylic acids is 1. The van der Waals surface area contributed by atoms with Gasteiger partial charge in [0.1, 0.15) is 0 Å². The van der Waals surface area contributed by atoms with E-state index in [1.807, 2.05) is 0 Å². The Hall–Kier alpha value is -3.43. The minimum absolute atomic E-state index is 0.0699. The number of non-ortho nitro benzene ring substituents is 1. The van der Waals surface area contributed by atoms with Crippen molar-refractivity contribution >= 4 is 22.6 Å². The molecule has 0 bridgehead atoms. The van der Waals surface area contributed by atoms with E-state index in [9.17, 15) is 28.1 Å². The molecule has 0 N–H and O–H groups in total. The fourth-order valence-corrected chi connectivity index (χ4v) is 3.06. The Labute approximate surface area is 162 Å². The van der Waals surface area contributed by atoms with E-state index in [2.05, 4.69) is 5.10 Å². The predicted octanol–water partition coefficient (Wildman–Crippen LogP) is 4.40. The van der Waals surface area contributed by atoms with Crippen molar-refractivity contribution in [2.24, 2.45) is 0 Å². The maximum atomic E-state index is 13.4. The predicted molar refractivity (Wildman–Crippen MR) is 97.8 cm³/mol. The van der Waals surface area contributed by atoms with Crippen LogP contribution in [0.5, 0.6) is 0 Å². The van der Waals surface area contributed by atoms with Gasteiger partial charge in [0.15, 0.2) is 0 Å². The lowest BCUT2D eigenvalue weighted by Gasteiger charge is -2.22. The van der Waals surface area contributed by atoms with Gasteiger partial charge in [0, 0.05) is 17.5 Å². The maximum absolute atomic E-state index is 13.4. The van der Waals surface area contributed by atoms with E-state index in [0.29, 0.717) is 17.3 Å². The Kier molecular flexibility index (Phi) is 4.81. The molecule has 0 radical (unpaired) electrons. The van der Waals surface area contributed by atoms with Crippen molar-refractivity contribution in [3.63, 3.8) is 0 Å². The quantitative estimate of drug-likeness (QED) is 0.363. The molecular weight excluding hydrogens is 391 g/mol. The number of esters is 1. The molecule has 1 heterocycles. The number of carbonyl (C=O) groups is 1. The minimum atomic E-state index is -4.78. The molecule has 0 amide bonds. The molecule has 0 atom stereocenters. The Morgan fingerprint density at radius 1 is 1.21 bits per heavy atom. The molecule has 7 nitrogen and oxygen atoms in total. The van der Waals surface area contributed by atoms with Crippen molar-refractivity contribution in [3.05, 3.63) is 63.8 Å². The third kappa shape index (κ3) is 3.53. The van der Waals surface area contributed by atoms with Crippen molar-refractivity contribution in [1.29, 1.82) is 0 Å². The lowest BCUT2D eigenvalue weighted by atomic mass is 9.84. The second-order valence-corrected chi connectivity index (χ2v) is 6.90. The summed E-state index contributed by atoms with van der Waals surface area (Å²) in [5.41, 5.74) is -2.03. The van der Waals surface area contributed by atoms with Crippen LogP contribution >= 0.6 is 0 Å². The second-order valence-electron chi connectivity index (χ2n) is 6.90. The number of hydrogen-bond acceptors (Lipinski definition) is 5. The van der Waals surface area contributed by atoms with Crippen LogP contribution in [0.15, 0.2) is 42.6 Å². The number of methoxy groups -OCH3 is 1. The second kappa shape index (κ2) is 6.87. The Bertz CT molecular complexity index is 1120. The van der Waals surface area contributed by atoms with E-state index >= 15 is 0 Å². The monoisotopic (exact) mass is 407 g/mol. The van der Waals surface area contributed by atoms with Crippen molar-refractivity contribution < 1.29 is 27.6 Å². The molecule has 0 saturated carbocycles. The lowest BCUT2D eigenvalue weighted by Crippen LogP contribution is -2.30. The molecule has 0 spiro atoms. The summed E-state index contributed by atoms with van der Waals surface area (Å²) in [6.07, 6.45) is -3.77. The van der Waals surface area contributed by atoms with Gasteiger partial charge in [-0.25, -0.2) is 4.68 Å². The van der Waals surface area contributed by atoms with E-state index in [-0.39, 0.29) is 10.9 Å². The molecule has 3 rings (SSSR count). The topological polar surface area (TPSA) is 87.3 Å². The van der Waals surface area contributed by atoms with Crippen LogP contribution in [-0.2, 0) is 21.1 Å². The molecular formula is C19H16F3N3O4. The van der Waals surface area contributed by atoms with Gasteiger partial charge in [-0.15, -0.1) is 0 Å². The third-order valence-electron chi connectivity index (χ3n) is 4.70. The normalized spacial score (nSPS) is 12.2. The first-order valence-electron chi connectivity index (χ1n) is 8.39. The number of nitrogens with zero attached hydrogens (tertiary/aromatic N) is 3. The number of alkyl halides is 3. The molecule has 0 aliphatic heterocycles. The van der Waals surface area contributed by atoms with Crippen LogP contribution in [0.2, 0.25) is 0 Å². The molecule has 0 fully saturated rings. The van der Waals surface area contributed by atoms with Gasteiger partial charge in [-0.05, 0) is 31.5 Å². The number of nitro benzene ring substituents is 1. The molecule has 152 valence electrons. The van der Waals surface area contributed by atoms with Crippen molar-refractivity contribution in [2.45, 2.75) is 25.4 Å². The van der Waals surface area contributed by atoms with Crippen LogP contribution < -0.4 is 0 Å². The van der Waals surface area contributed by atoms with E-state index in [0.717, 1.165) is 12.3 Å². The summed E-state index contributed by atoms with van der Waals surface area (Å²) in [5, 5.41) is 14.9. The molecule has 29 heavy (non-hydrogen) atoms. The van der Waals surface area contributed by atoms with E-state index in [1.54, 1.807) is 38.1 Å². The average Bonchev–Trinajstić information content (AvgIpc) is 3.09. The van der Waals surface area contributed by atoms with E-state index < -0.39 is 33.7 Å². The Morgan fingerprint density at radius 2 is 1.90 bits per heavy atom. The van der Waals surface area contributed by atoms with Crippen LogP contribution in [0, 0.1) is 10.1 Å². The fourth-order valence-electron chi connectivity index (χ4n) is 3.06. The van der Waals surface area contributed by atoms with Crippen molar-refractivity contribution in [2.75, 3.05) is 7.11 Å². The fraction of sp³-hybridized carbons (Fsp3) is 0.263. The zero-order chi connectivity index (χ0) is 21.6. The zero-order valence-electron chi connectivity index (χ0n) is 15.6. The molecule has 3 aromatic rings. The van der Waals surface area contributed by atoms with Gasteiger partial charge in [-0.1, -0.05) is 12.1 Å². The molecule has 0 saturated heterocycles. The van der Waals surface area contributed by atoms with Gasteiger partial charge in [0.25, 0.3) is 5.69 Å². The zero-order valence-corrected chi connectivity index (χ0v) is 15.6. The molecule has 10 heteroatoms. The minimum Gasteiger partial charge on any atom is -0.468 e. The molecule has 0 unspecified atom stereocenters. The van der Waals surface area contributed by atoms with Gasteiger partial charge in [-0.2, -0.15) is 18.3 Å². The third-order valence-corrected chi connectivity index (χ3v) is 4.70. The molecule has 1 aromatic heterocycles. The highest BCUT2D eigenvalue weighted by Crippen LogP contribution is 2.38. The van der Waals surface area contributed by atoms with Gasteiger partial charge in [-0.3, -0.25) is 14.9 Å². The van der Waals surface area contributed by atoms with Crippen LogP contribution in [0.4, 0.5) is 18.9 Å². The standard InChI is InChI=1S/C19H16F3N3O4/c1-18(2,17(26)29-3)11-5-4-6-12(7-11)24-16-9-13(25(27)28)8-15(19(20,21)22)14(16)10-23-24/h4-10H,1-3H3. The van der Waals surface area contributed by atoms with Crippen LogP contribution in [0.3, 0.4) is 0 Å². The number of nitro groups is 1. The summed E-state index contributed by atoms with van der Waals surface area (Å²) >= 11 is 0. The summed E-state index contributed by atoms with van der Waals surface area (Å²) < 4.78 is 46.2. The SMILES string of the molecule is COC(=O)C(C)(C)c1cccc(-n2ncc3c(C(F)(F)F)cc([N+](=O)[O-])cc32)c1. The van der Waals surface area contributed by atoms with Crippen LogP contribution in [0.1, 0.15) is 25.0 Å². The van der Waals surface area contributed by atoms with Crippen molar-refractivity contribution in [3.8, 4) is 5.69 Å². The highest BCUT2D eigenvalue weighted by molar-refractivity contribution is 5.87. The summed E-state index contributed by atoms with van der Waals surface area (Å²) in [6.45, 7) is 3.29. The number of hydrogen-bond donors (Lipinski definition) is 0. The smallest absolute Gasteiger partial charge is 0.417 e. The number of fused-ring (bicyclic) bond motifs is 1. The van der Waals surface area contributed by atoms with E-state index in [1.165, 1.54) is 11.8 Å². The summed E-state index contributed by atoms with van der Waals surface area (Å²) in [6, 6.07) is 7.98. The first kappa shape index (κ1) is 20.3. The first-order valence-corrected chi connectivity index (χ1v) is 8.39. The van der Waals surface area contributed by atoms with Gasteiger partial charge in [0.05, 0.1) is 40.4 Å². The van der Waals surface area contributed by atoms with Crippen molar-refractivity contribution in [1.82, 2.24) is 9.78 Å². The molecule has 0 aliphatic carbocycles. The highest BCUT2D eigenvalue weighted by Gasteiger charge is 2.36. The molecule has 0 aliphatic rings. The maximum Gasteiger partial charge on any atom is 0.417 e. The number of halogens is 3. The number of benzene rings is 2. The number of rotatable bonds is 4. The summed E-state index contributed by atoms with van der Waals surface area (Å²) in [7, 11) is 1.26. The molecule has 2 aromatic carbocycles. The van der Waals surface area contributed by atoms with Gasteiger partial charge >= 0.3 is 12.1 Å².